The van der Waals surface area contributed by atoms with Gasteiger partial charge in [0.25, 0.3) is 10.1 Å². The van der Waals surface area contributed by atoms with Gasteiger partial charge in [0.1, 0.15) is 5.75 Å². The summed E-state index contributed by atoms with van der Waals surface area (Å²) < 4.78 is 41.7. The Kier molecular flexibility index (Phi) is 6.16. The highest BCUT2D eigenvalue weighted by Crippen LogP contribution is 2.30. The van der Waals surface area contributed by atoms with Crippen molar-refractivity contribution in [2.45, 2.75) is 18.4 Å². The Labute approximate surface area is 167 Å². The van der Waals surface area contributed by atoms with Gasteiger partial charge in [0.05, 0.1) is 11.5 Å². The molecule has 0 spiro atoms. The number of benzene rings is 3. The molecule has 0 aromatic heterocycles. The van der Waals surface area contributed by atoms with Gasteiger partial charge in [-0.05, 0) is 54.1 Å². The van der Waals surface area contributed by atoms with Crippen LogP contribution in [0.5, 0.6) is 5.75 Å². The fourth-order valence-electron chi connectivity index (χ4n) is 2.58. The second-order valence-electron chi connectivity index (χ2n) is 6.03. The summed E-state index contributed by atoms with van der Waals surface area (Å²) in [5, 5.41) is 1.91. The van der Waals surface area contributed by atoms with Crippen molar-refractivity contribution >= 4 is 36.8 Å². The average Bonchev–Trinajstić information content (AvgIpc) is 2.64. The third-order valence-corrected chi connectivity index (χ3v) is 5.76. The topological polar surface area (TPSA) is 61.8 Å². The Hall–Kier alpha value is -1.93. The first kappa shape index (κ1) is 19.8. The summed E-state index contributed by atoms with van der Waals surface area (Å²) in [6, 6.07) is 16.1. The quantitative estimate of drug-likeness (QED) is 0.382. The molecule has 0 amide bonds. The first-order valence-electron chi connectivity index (χ1n) is 8.19. The molecule has 0 heterocycles. The maximum absolute atomic E-state index is 12.5. The van der Waals surface area contributed by atoms with Crippen molar-refractivity contribution in [3.63, 3.8) is 0 Å². The molecule has 3 aromatic rings. The van der Waals surface area contributed by atoms with Crippen molar-refractivity contribution in [2.24, 2.45) is 0 Å². The third kappa shape index (κ3) is 4.87. The molecule has 0 saturated carbocycles. The molecule has 0 N–H and O–H groups in total. The van der Waals surface area contributed by atoms with Crippen LogP contribution in [0.2, 0.25) is 0 Å². The van der Waals surface area contributed by atoms with Crippen LogP contribution in [0.1, 0.15) is 11.1 Å². The van der Waals surface area contributed by atoms with Crippen LogP contribution in [0, 0.1) is 6.92 Å². The smallest absolute Gasteiger partial charge is 0.297 e. The monoisotopic (exact) mass is 450 g/mol. The molecule has 142 valence electrons. The Morgan fingerprint density at radius 3 is 2.41 bits per heavy atom. The van der Waals surface area contributed by atoms with Crippen LogP contribution in [0.4, 0.5) is 0 Å². The lowest BCUT2D eigenvalue weighted by molar-refractivity contribution is 0.0499. The lowest BCUT2D eigenvalue weighted by Crippen LogP contribution is -2.08. The number of halogens is 1. The van der Waals surface area contributed by atoms with Gasteiger partial charge in [-0.15, -0.1) is 0 Å². The molecule has 3 aromatic carbocycles. The minimum Gasteiger partial charge on any atom is -0.467 e. The van der Waals surface area contributed by atoms with Crippen molar-refractivity contribution in [3.05, 3.63) is 70.2 Å². The number of hydrogen-bond donors (Lipinski definition) is 0. The molecule has 27 heavy (non-hydrogen) atoms. The van der Waals surface area contributed by atoms with E-state index >= 15 is 0 Å². The Morgan fingerprint density at radius 2 is 1.70 bits per heavy atom. The minimum absolute atomic E-state index is 0.0553. The summed E-state index contributed by atoms with van der Waals surface area (Å²) in [5.74, 6) is 0.519. The molecule has 0 radical (unpaired) electrons. The molecular formula is C20H19BrO5S. The predicted molar refractivity (Wildman–Crippen MR) is 107 cm³/mol. The molecule has 0 aliphatic carbocycles. The van der Waals surface area contributed by atoms with Crippen molar-refractivity contribution in [3.8, 4) is 5.75 Å². The van der Waals surface area contributed by atoms with E-state index in [0.717, 1.165) is 20.8 Å². The Morgan fingerprint density at radius 1 is 0.963 bits per heavy atom. The van der Waals surface area contributed by atoms with Gasteiger partial charge in [-0.2, -0.15) is 8.42 Å². The summed E-state index contributed by atoms with van der Waals surface area (Å²) in [7, 11) is -2.35. The van der Waals surface area contributed by atoms with Gasteiger partial charge in [0, 0.05) is 17.1 Å². The second kappa shape index (κ2) is 8.39. The largest absolute Gasteiger partial charge is 0.467 e. The number of aryl methyl sites for hydroxylation is 1. The van der Waals surface area contributed by atoms with E-state index in [4.69, 9.17) is 13.7 Å². The van der Waals surface area contributed by atoms with Gasteiger partial charge < -0.3 is 9.47 Å². The van der Waals surface area contributed by atoms with E-state index < -0.39 is 10.1 Å². The molecular weight excluding hydrogens is 432 g/mol. The highest BCUT2D eigenvalue weighted by atomic mass is 79.9. The van der Waals surface area contributed by atoms with Crippen LogP contribution >= 0.6 is 15.9 Å². The molecule has 0 atom stereocenters. The molecule has 0 fully saturated rings. The summed E-state index contributed by atoms with van der Waals surface area (Å²) >= 11 is 3.45. The summed E-state index contributed by atoms with van der Waals surface area (Å²) in [6.07, 6.45) is 0. The zero-order chi connectivity index (χ0) is 19.4. The summed E-state index contributed by atoms with van der Waals surface area (Å²) in [6.45, 7) is 1.81. The number of hydrogen-bond acceptors (Lipinski definition) is 5. The SMILES string of the molecule is COCOc1cc2ccc(Br)cc2cc1COS(=O)(=O)c1ccc(C)cc1. The molecule has 3 rings (SSSR count). The van der Waals surface area contributed by atoms with E-state index in [2.05, 4.69) is 15.9 Å². The molecule has 0 aliphatic rings. The maximum atomic E-state index is 12.5. The Bertz CT molecular complexity index is 1050. The number of rotatable bonds is 7. The van der Waals surface area contributed by atoms with Crippen molar-refractivity contribution in [2.75, 3.05) is 13.9 Å². The van der Waals surface area contributed by atoms with Gasteiger partial charge in [-0.25, -0.2) is 0 Å². The maximum Gasteiger partial charge on any atom is 0.297 e. The van der Waals surface area contributed by atoms with Crippen LogP contribution in [0.25, 0.3) is 10.8 Å². The van der Waals surface area contributed by atoms with Crippen molar-refractivity contribution < 1.29 is 22.1 Å². The molecule has 0 bridgehead atoms. The highest BCUT2D eigenvalue weighted by molar-refractivity contribution is 9.10. The van der Waals surface area contributed by atoms with E-state index in [1.807, 2.05) is 37.3 Å². The van der Waals surface area contributed by atoms with E-state index in [1.165, 1.54) is 19.2 Å². The first-order valence-corrected chi connectivity index (χ1v) is 10.4. The van der Waals surface area contributed by atoms with Crippen LogP contribution < -0.4 is 4.74 Å². The fraction of sp³-hybridized carbons (Fsp3) is 0.200. The van der Waals surface area contributed by atoms with E-state index in [9.17, 15) is 8.42 Å². The lowest BCUT2D eigenvalue weighted by Gasteiger charge is -2.13. The van der Waals surface area contributed by atoms with Crippen LogP contribution in [0.15, 0.2) is 64.0 Å². The van der Waals surface area contributed by atoms with E-state index in [0.29, 0.717) is 11.3 Å². The van der Waals surface area contributed by atoms with Gasteiger partial charge in [0.15, 0.2) is 6.79 Å². The lowest BCUT2D eigenvalue weighted by atomic mass is 10.1. The van der Waals surface area contributed by atoms with Crippen molar-refractivity contribution in [1.82, 2.24) is 0 Å². The second-order valence-corrected chi connectivity index (χ2v) is 8.56. The van der Waals surface area contributed by atoms with Gasteiger partial charge in [-0.1, -0.05) is 39.7 Å². The highest BCUT2D eigenvalue weighted by Gasteiger charge is 2.17. The number of ether oxygens (including phenoxy) is 2. The third-order valence-electron chi connectivity index (χ3n) is 3.99. The van der Waals surface area contributed by atoms with Gasteiger partial charge in [0.2, 0.25) is 0 Å². The molecule has 0 aliphatic heterocycles. The number of methoxy groups -OCH3 is 1. The minimum atomic E-state index is -3.87. The fourth-order valence-corrected chi connectivity index (χ4v) is 3.84. The zero-order valence-corrected chi connectivity index (χ0v) is 17.3. The predicted octanol–water partition coefficient (Wildman–Crippen LogP) is 4.80. The first-order chi connectivity index (χ1) is 12.9. The van der Waals surface area contributed by atoms with Crippen LogP contribution in [-0.2, 0) is 25.6 Å². The van der Waals surface area contributed by atoms with Crippen molar-refractivity contribution in [1.29, 1.82) is 0 Å². The molecule has 0 saturated heterocycles. The normalized spacial score (nSPS) is 11.7. The Balaban J connectivity index is 1.90. The van der Waals surface area contributed by atoms with Gasteiger partial charge in [-0.3, -0.25) is 4.18 Å². The molecule has 0 unspecified atom stereocenters. The van der Waals surface area contributed by atoms with Crippen LogP contribution in [0.3, 0.4) is 0 Å². The average molecular weight is 451 g/mol. The van der Waals surface area contributed by atoms with Crippen LogP contribution in [-0.4, -0.2) is 22.3 Å². The van der Waals surface area contributed by atoms with E-state index in [1.54, 1.807) is 12.1 Å². The summed E-state index contributed by atoms with van der Waals surface area (Å²) in [5.41, 5.74) is 1.60. The van der Waals surface area contributed by atoms with E-state index in [-0.39, 0.29) is 18.3 Å². The summed E-state index contributed by atoms with van der Waals surface area (Å²) in [4.78, 5) is 0.121. The molecule has 5 nitrogen and oxygen atoms in total. The zero-order valence-electron chi connectivity index (χ0n) is 14.9. The standard InChI is InChI=1S/C20H19BrO5S/c1-14-3-7-19(8-4-14)27(22,23)26-12-17-9-16-10-18(21)6-5-15(16)11-20(17)25-13-24-2/h3-11H,12-13H2,1-2H3. The number of fused-ring (bicyclic) bond motifs is 1. The van der Waals surface area contributed by atoms with Gasteiger partial charge >= 0.3 is 0 Å². The molecule has 7 heteroatoms.